The fourth-order valence-electron chi connectivity index (χ4n) is 3.83. The number of anilines is 1. The minimum absolute atomic E-state index is 0.0527. The van der Waals surface area contributed by atoms with Crippen molar-refractivity contribution in [1.29, 1.82) is 0 Å². The van der Waals surface area contributed by atoms with Crippen LogP contribution in [0.25, 0.3) is 22.3 Å². The largest absolute Gasteiger partial charge is 0.417 e. The van der Waals surface area contributed by atoms with Gasteiger partial charge in [-0.3, -0.25) is 19.6 Å². The van der Waals surface area contributed by atoms with E-state index in [9.17, 15) is 27.2 Å². The van der Waals surface area contributed by atoms with E-state index in [1.54, 1.807) is 30.7 Å². The molecular formula is C28H15ClF4N4O2. The normalized spacial score (nSPS) is 11.4. The lowest BCUT2D eigenvalue weighted by atomic mass is 10.0. The lowest BCUT2D eigenvalue weighted by Crippen LogP contribution is -2.15. The summed E-state index contributed by atoms with van der Waals surface area (Å²) < 4.78 is 54.3. The van der Waals surface area contributed by atoms with E-state index in [2.05, 4.69) is 20.3 Å². The van der Waals surface area contributed by atoms with E-state index in [0.717, 1.165) is 23.8 Å². The van der Waals surface area contributed by atoms with Crippen molar-refractivity contribution in [2.75, 3.05) is 5.32 Å². The van der Waals surface area contributed by atoms with Gasteiger partial charge in [0.1, 0.15) is 5.82 Å². The van der Waals surface area contributed by atoms with Crippen LogP contribution in [0.2, 0.25) is 5.02 Å². The number of carbonyl (C=O) groups is 2. The van der Waals surface area contributed by atoms with Crippen LogP contribution >= 0.6 is 11.6 Å². The van der Waals surface area contributed by atoms with Gasteiger partial charge >= 0.3 is 6.18 Å². The number of amides is 1. The smallest absolute Gasteiger partial charge is 0.322 e. The van der Waals surface area contributed by atoms with Crippen LogP contribution in [0.3, 0.4) is 0 Å². The second-order valence-electron chi connectivity index (χ2n) is 8.37. The summed E-state index contributed by atoms with van der Waals surface area (Å²) in [6.45, 7) is 0. The van der Waals surface area contributed by atoms with E-state index in [1.807, 2.05) is 6.07 Å². The van der Waals surface area contributed by atoms with Gasteiger partial charge in [-0.2, -0.15) is 13.2 Å². The van der Waals surface area contributed by atoms with E-state index in [4.69, 9.17) is 11.6 Å². The lowest BCUT2D eigenvalue weighted by Gasteiger charge is -2.12. The van der Waals surface area contributed by atoms with Gasteiger partial charge in [0.05, 0.1) is 39.1 Å². The zero-order valence-corrected chi connectivity index (χ0v) is 20.4. The zero-order chi connectivity index (χ0) is 27.7. The molecule has 1 amide bonds. The summed E-state index contributed by atoms with van der Waals surface area (Å²) in [6, 6.07) is 14.2. The van der Waals surface area contributed by atoms with Gasteiger partial charge in [0.15, 0.2) is 5.78 Å². The van der Waals surface area contributed by atoms with Gasteiger partial charge in [-0.05, 0) is 66.7 Å². The van der Waals surface area contributed by atoms with Gasteiger partial charge < -0.3 is 5.32 Å². The summed E-state index contributed by atoms with van der Waals surface area (Å²) in [5, 5.41) is 1.77. The minimum Gasteiger partial charge on any atom is -0.322 e. The number of fused-ring (bicyclic) bond motifs is 1. The number of rotatable bonds is 5. The minimum atomic E-state index is -4.75. The number of aromatic nitrogens is 3. The Kier molecular flexibility index (Phi) is 6.80. The average Bonchev–Trinajstić information content (AvgIpc) is 2.92. The molecule has 0 aliphatic carbocycles. The Hall–Kier alpha value is -4.70. The number of nitrogens with zero attached hydrogens (tertiary/aromatic N) is 3. The molecule has 39 heavy (non-hydrogen) atoms. The van der Waals surface area contributed by atoms with Crippen LogP contribution in [0.15, 0.2) is 85.3 Å². The van der Waals surface area contributed by atoms with E-state index in [1.165, 1.54) is 24.3 Å². The van der Waals surface area contributed by atoms with Crippen LogP contribution in [0.1, 0.15) is 31.8 Å². The molecule has 1 N–H and O–H groups in total. The molecule has 0 aliphatic rings. The number of benzene rings is 3. The van der Waals surface area contributed by atoms with Crippen molar-refractivity contribution in [2.24, 2.45) is 0 Å². The highest BCUT2D eigenvalue weighted by Crippen LogP contribution is 2.35. The van der Waals surface area contributed by atoms with E-state index >= 15 is 0 Å². The first kappa shape index (κ1) is 25.9. The monoisotopic (exact) mass is 550 g/mol. The molecule has 0 atom stereocenters. The number of pyridine rings is 1. The maximum Gasteiger partial charge on any atom is 0.417 e. The highest BCUT2D eigenvalue weighted by molar-refractivity contribution is 6.31. The van der Waals surface area contributed by atoms with Crippen molar-refractivity contribution in [3.63, 3.8) is 0 Å². The fourth-order valence-corrected chi connectivity index (χ4v) is 4.05. The zero-order valence-electron chi connectivity index (χ0n) is 19.6. The molecule has 0 aliphatic heterocycles. The third kappa shape index (κ3) is 5.46. The highest BCUT2D eigenvalue weighted by atomic mass is 35.5. The van der Waals surface area contributed by atoms with Gasteiger partial charge in [0.2, 0.25) is 0 Å². The molecule has 5 rings (SSSR count). The van der Waals surface area contributed by atoms with Gasteiger partial charge in [0, 0.05) is 34.8 Å². The molecule has 5 aromatic rings. The van der Waals surface area contributed by atoms with Crippen LogP contribution in [-0.2, 0) is 6.18 Å². The predicted octanol–water partition coefficient (Wildman–Crippen LogP) is 6.99. The molecule has 0 radical (unpaired) electrons. The Morgan fingerprint density at radius 3 is 2.38 bits per heavy atom. The summed E-state index contributed by atoms with van der Waals surface area (Å²) in [7, 11) is 0. The number of halogens is 5. The summed E-state index contributed by atoms with van der Waals surface area (Å²) in [4.78, 5) is 38.5. The molecule has 0 bridgehead atoms. The second-order valence-corrected chi connectivity index (χ2v) is 8.78. The van der Waals surface area contributed by atoms with E-state index in [0.29, 0.717) is 22.8 Å². The molecule has 0 saturated carbocycles. The molecule has 11 heteroatoms. The van der Waals surface area contributed by atoms with Gasteiger partial charge in [-0.15, -0.1) is 0 Å². The number of alkyl halides is 3. The van der Waals surface area contributed by atoms with Crippen LogP contribution in [0.5, 0.6) is 0 Å². The Bertz CT molecular complexity index is 1740. The van der Waals surface area contributed by atoms with E-state index < -0.39 is 34.3 Å². The Labute approximate surface area is 223 Å². The number of hydrogen-bond acceptors (Lipinski definition) is 5. The van der Waals surface area contributed by atoms with Gasteiger partial charge in [0.25, 0.3) is 5.91 Å². The number of ketones is 1. The van der Waals surface area contributed by atoms with Crippen molar-refractivity contribution in [1.82, 2.24) is 15.0 Å². The lowest BCUT2D eigenvalue weighted by molar-refractivity contribution is -0.137. The standard InChI is InChI=1S/C28H15ClF4N4O2/c29-21-7-3-16(10-20(21)28(31,32)33)27(39)36-18-5-6-19(22(30)12-18)26(38)15-4-8-23-24(11-15)37-25(14-35-23)17-2-1-9-34-13-17/h1-14H,(H,36,39). The Balaban J connectivity index is 1.38. The molecule has 194 valence electrons. The van der Waals surface area contributed by atoms with Crippen LogP contribution in [-0.4, -0.2) is 26.6 Å². The van der Waals surface area contributed by atoms with Crippen LogP contribution < -0.4 is 5.32 Å². The first-order valence-electron chi connectivity index (χ1n) is 11.3. The second kappa shape index (κ2) is 10.2. The van der Waals surface area contributed by atoms with Crippen molar-refractivity contribution in [3.8, 4) is 11.3 Å². The highest BCUT2D eigenvalue weighted by Gasteiger charge is 2.34. The quantitative estimate of drug-likeness (QED) is 0.188. The summed E-state index contributed by atoms with van der Waals surface area (Å²) in [5.41, 5.74) is 0.595. The first-order chi connectivity index (χ1) is 18.6. The van der Waals surface area contributed by atoms with Gasteiger partial charge in [-0.1, -0.05) is 11.6 Å². The van der Waals surface area contributed by atoms with Crippen LogP contribution in [0.4, 0.5) is 23.2 Å². The molecule has 0 saturated heterocycles. The molecule has 0 fully saturated rings. The molecular weight excluding hydrogens is 536 g/mol. The Morgan fingerprint density at radius 1 is 0.872 bits per heavy atom. The maximum absolute atomic E-state index is 14.9. The predicted molar refractivity (Wildman–Crippen MR) is 137 cm³/mol. The number of nitrogens with one attached hydrogen (secondary N) is 1. The molecule has 2 aromatic heterocycles. The van der Waals surface area contributed by atoms with Crippen LogP contribution in [0, 0.1) is 5.82 Å². The summed E-state index contributed by atoms with van der Waals surface area (Å²) in [5.74, 6) is -2.47. The Morgan fingerprint density at radius 2 is 1.67 bits per heavy atom. The average molecular weight is 551 g/mol. The van der Waals surface area contributed by atoms with Gasteiger partial charge in [-0.25, -0.2) is 9.37 Å². The SMILES string of the molecule is O=C(Nc1ccc(C(=O)c2ccc3ncc(-c4cccnc4)nc3c2)c(F)c1)c1ccc(Cl)c(C(F)(F)F)c1. The maximum atomic E-state index is 14.9. The van der Waals surface area contributed by atoms with Crippen molar-refractivity contribution >= 4 is 40.0 Å². The number of hydrogen-bond donors (Lipinski definition) is 1. The third-order valence-corrected chi connectivity index (χ3v) is 6.10. The number of carbonyl (C=O) groups excluding carboxylic acids is 2. The van der Waals surface area contributed by atoms with Crippen molar-refractivity contribution in [2.45, 2.75) is 6.18 Å². The third-order valence-electron chi connectivity index (χ3n) is 5.77. The molecule has 3 aromatic carbocycles. The van der Waals surface area contributed by atoms with Crippen molar-refractivity contribution < 1.29 is 27.2 Å². The van der Waals surface area contributed by atoms with E-state index in [-0.39, 0.29) is 22.4 Å². The molecule has 0 unspecified atom stereocenters. The molecule has 2 heterocycles. The summed E-state index contributed by atoms with van der Waals surface area (Å²) in [6.07, 6.45) is 0.0851. The topological polar surface area (TPSA) is 84.8 Å². The first-order valence-corrected chi connectivity index (χ1v) is 11.7. The van der Waals surface area contributed by atoms with Crippen molar-refractivity contribution in [3.05, 3.63) is 118 Å². The molecule has 0 spiro atoms. The fraction of sp³-hybridized carbons (Fsp3) is 0.0357. The molecule has 6 nitrogen and oxygen atoms in total. The summed E-state index contributed by atoms with van der Waals surface area (Å²) >= 11 is 5.59.